The molecule has 0 spiro atoms. The maximum absolute atomic E-state index is 10.3. The number of phenols is 1. The van der Waals surface area contributed by atoms with E-state index >= 15 is 0 Å². The van der Waals surface area contributed by atoms with Crippen molar-refractivity contribution in [3.05, 3.63) is 22.8 Å². The largest absolute Gasteiger partial charge is 0.504 e. The summed E-state index contributed by atoms with van der Waals surface area (Å²) < 4.78 is 5.27. The Hall–Kier alpha value is -0.680. The Morgan fingerprint density at radius 3 is 2.65 bits per heavy atom. The molecule has 0 amide bonds. The quantitative estimate of drug-likeness (QED) is 0.835. The average molecular weight is 321 g/mol. The number of hydrogen-bond acceptors (Lipinski definition) is 4. The van der Waals surface area contributed by atoms with Crippen LogP contribution < -0.4 is 10.5 Å². The van der Waals surface area contributed by atoms with Crippen molar-refractivity contribution in [2.45, 2.75) is 31.3 Å². The van der Waals surface area contributed by atoms with Crippen LogP contribution >= 0.6 is 24.8 Å². The topological polar surface area (TPSA) is 58.7 Å². The second kappa shape index (κ2) is 6.39. The summed E-state index contributed by atoms with van der Waals surface area (Å²) in [7, 11) is 3.74. The molecule has 1 aromatic carbocycles. The first-order chi connectivity index (χ1) is 8.63. The van der Waals surface area contributed by atoms with Gasteiger partial charge in [-0.05, 0) is 43.5 Å². The number of aromatic hydroxyl groups is 1. The van der Waals surface area contributed by atoms with Gasteiger partial charge in [-0.2, -0.15) is 0 Å². The van der Waals surface area contributed by atoms with Crippen LogP contribution in [0.2, 0.25) is 0 Å². The number of hydrogen-bond donors (Lipinski definition) is 2. The van der Waals surface area contributed by atoms with Crippen LogP contribution in [0.5, 0.6) is 11.5 Å². The third-order valence-corrected chi connectivity index (χ3v) is 4.37. The fourth-order valence-corrected chi connectivity index (χ4v) is 3.39. The molecule has 0 aromatic heterocycles. The first kappa shape index (κ1) is 17.4. The summed E-state index contributed by atoms with van der Waals surface area (Å²) in [6, 6.07) is 2.31. The van der Waals surface area contributed by atoms with E-state index in [0.717, 1.165) is 31.4 Å². The van der Waals surface area contributed by atoms with Crippen LogP contribution in [-0.2, 0) is 6.42 Å². The molecule has 3 N–H and O–H groups in total. The zero-order chi connectivity index (χ0) is 12.9. The van der Waals surface area contributed by atoms with E-state index in [4.69, 9.17) is 10.5 Å². The molecule has 0 radical (unpaired) electrons. The molecule has 114 valence electrons. The van der Waals surface area contributed by atoms with Crippen molar-refractivity contribution in [2.75, 3.05) is 20.7 Å². The number of phenolic OH excluding ortho intramolecular Hbond substituents is 1. The molecule has 6 heteroatoms. The highest BCUT2D eigenvalue weighted by Gasteiger charge is 2.36. The summed E-state index contributed by atoms with van der Waals surface area (Å²) in [5.41, 5.74) is 9.64. The maximum atomic E-state index is 10.3. The Bertz CT molecular complexity index is 497. The van der Waals surface area contributed by atoms with Crippen LogP contribution in [-0.4, -0.2) is 30.7 Å². The summed E-state index contributed by atoms with van der Waals surface area (Å²) >= 11 is 0. The number of benzene rings is 1. The molecule has 1 aliphatic carbocycles. The second-order valence-corrected chi connectivity index (χ2v) is 5.34. The second-order valence-electron chi connectivity index (χ2n) is 5.34. The predicted molar refractivity (Wildman–Crippen MR) is 84.4 cm³/mol. The molecule has 1 heterocycles. The fraction of sp³-hybridized carbons (Fsp3) is 0.571. The molecule has 0 fully saturated rings. The molecule has 2 atom stereocenters. The van der Waals surface area contributed by atoms with E-state index in [1.165, 1.54) is 11.1 Å². The van der Waals surface area contributed by atoms with Crippen molar-refractivity contribution in [3.63, 3.8) is 0 Å². The van der Waals surface area contributed by atoms with Crippen LogP contribution in [0.3, 0.4) is 0 Å². The van der Waals surface area contributed by atoms with Gasteiger partial charge in [0, 0.05) is 24.2 Å². The van der Waals surface area contributed by atoms with E-state index in [9.17, 15) is 5.11 Å². The van der Waals surface area contributed by atoms with E-state index in [1.807, 2.05) is 6.07 Å². The highest BCUT2D eigenvalue weighted by molar-refractivity contribution is 5.85. The zero-order valence-corrected chi connectivity index (χ0v) is 13.4. The van der Waals surface area contributed by atoms with E-state index in [1.54, 1.807) is 7.11 Å². The molecule has 0 saturated carbocycles. The lowest BCUT2D eigenvalue weighted by Gasteiger charge is -2.41. The van der Waals surface area contributed by atoms with Gasteiger partial charge in [0.2, 0.25) is 0 Å². The van der Waals surface area contributed by atoms with Crippen LogP contribution in [0, 0.1) is 0 Å². The highest BCUT2D eigenvalue weighted by atomic mass is 35.5. The van der Waals surface area contributed by atoms with Crippen molar-refractivity contribution in [1.82, 2.24) is 4.90 Å². The molecule has 0 bridgehead atoms. The van der Waals surface area contributed by atoms with Gasteiger partial charge in [-0.1, -0.05) is 0 Å². The van der Waals surface area contributed by atoms with Crippen LogP contribution in [0.1, 0.15) is 41.6 Å². The van der Waals surface area contributed by atoms with E-state index in [2.05, 4.69) is 11.9 Å². The van der Waals surface area contributed by atoms with Crippen molar-refractivity contribution < 1.29 is 9.84 Å². The van der Waals surface area contributed by atoms with Gasteiger partial charge in [0.25, 0.3) is 0 Å². The van der Waals surface area contributed by atoms with Gasteiger partial charge < -0.3 is 15.6 Å². The number of rotatable bonds is 1. The number of halogens is 2. The third kappa shape index (κ3) is 2.46. The Morgan fingerprint density at radius 2 is 2.00 bits per heavy atom. The Morgan fingerprint density at radius 1 is 1.30 bits per heavy atom. The van der Waals surface area contributed by atoms with Gasteiger partial charge in [0.15, 0.2) is 11.5 Å². The van der Waals surface area contributed by atoms with Crippen molar-refractivity contribution in [2.24, 2.45) is 5.73 Å². The fourth-order valence-electron chi connectivity index (χ4n) is 3.39. The average Bonchev–Trinajstić information content (AvgIpc) is 2.37. The molecule has 20 heavy (non-hydrogen) atoms. The van der Waals surface area contributed by atoms with Gasteiger partial charge in [-0.25, -0.2) is 0 Å². The number of nitrogens with two attached hydrogens (primary N) is 1. The predicted octanol–water partition coefficient (Wildman–Crippen LogP) is 2.57. The van der Waals surface area contributed by atoms with E-state index in [0.29, 0.717) is 11.8 Å². The molecule has 2 unspecified atom stereocenters. The number of likely N-dealkylation sites (N-methyl/N-ethyl adjacent to an activating group) is 1. The first-order valence-electron chi connectivity index (χ1n) is 6.52. The van der Waals surface area contributed by atoms with Gasteiger partial charge in [0.05, 0.1) is 7.11 Å². The van der Waals surface area contributed by atoms with Crippen molar-refractivity contribution in [3.8, 4) is 11.5 Å². The van der Waals surface area contributed by atoms with Gasteiger partial charge in [-0.15, -0.1) is 24.8 Å². The third-order valence-electron chi connectivity index (χ3n) is 4.37. The standard InChI is InChI=1S/C14H20N2O2.2ClH/c1-16-6-5-8-7-11(18-2)14(17)13-9(15)3-4-10(16)12(8)13;;/h7,9-10,17H,3-6,15H2,1-2H3;2*1H. The van der Waals surface area contributed by atoms with Crippen LogP contribution in [0.25, 0.3) is 0 Å². The first-order valence-corrected chi connectivity index (χ1v) is 6.52. The summed E-state index contributed by atoms with van der Waals surface area (Å²) in [4.78, 5) is 2.36. The van der Waals surface area contributed by atoms with E-state index < -0.39 is 0 Å². The summed E-state index contributed by atoms with van der Waals surface area (Å²) in [5.74, 6) is 0.799. The number of ether oxygens (including phenoxy) is 1. The lowest BCUT2D eigenvalue weighted by molar-refractivity contribution is 0.198. The molecule has 2 aliphatic rings. The Kier molecular flexibility index (Phi) is 5.55. The van der Waals surface area contributed by atoms with Crippen LogP contribution in [0.4, 0.5) is 0 Å². The monoisotopic (exact) mass is 320 g/mol. The molecule has 3 rings (SSSR count). The minimum atomic E-state index is -0.0726. The molecule has 0 saturated heterocycles. The summed E-state index contributed by atoms with van der Waals surface area (Å²) in [6.07, 6.45) is 2.99. The Labute approximate surface area is 132 Å². The minimum Gasteiger partial charge on any atom is -0.504 e. The SMILES string of the molecule is COc1cc2c3c(c1O)C(N)CCC3N(C)CC2.Cl.Cl. The molecule has 1 aliphatic heterocycles. The van der Waals surface area contributed by atoms with Gasteiger partial charge in [0.1, 0.15) is 0 Å². The lowest BCUT2D eigenvalue weighted by Crippen LogP contribution is -2.37. The molecule has 1 aromatic rings. The maximum Gasteiger partial charge on any atom is 0.162 e. The molecule has 4 nitrogen and oxygen atoms in total. The highest BCUT2D eigenvalue weighted by Crippen LogP contribution is 2.49. The zero-order valence-electron chi connectivity index (χ0n) is 11.8. The summed E-state index contributed by atoms with van der Waals surface area (Å²) in [5, 5.41) is 10.3. The van der Waals surface area contributed by atoms with Gasteiger partial charge in [-0.3, -0.25) is 4.90 Å². The van der Waals surface area contributed by atoms with Crippen LogP contribution in [0.15, 0.2) is 6.07 Å². The normalized spacial score (nSPS) is 24.1. The number of methoxy groups -OCH3 is 1. The van der Waals surface area contributed by atoms with Crippen molar-refractivity contribution in [1.29, 1.82) is 0 Å². The molecular formula is C14H22Cl2N2O2. The van der Waals surface area contributed by atoms with Crippen molar-refractivity contribution >= 4 is 24.8 Å². The lowest BCUT2D eigenvalue weighted by atomic mass is 9.78. The van der Waals surface area contributed by atoms with E-state index in [-0.39, 0.29) is 36.6 Å². The summed E-state index contributed by atoms with van der Waals surface area (Å²) in [6.45, 7) is 1.06. The van der Waals surface area contributed by atoms with Gasteiger partial charge >= 0.3 is 0 Å². The molecular weight excluding hydrogens is 299 g/mol. The Balaban J connectivity index is 0.000001000. The minimum absolute atomic E-state index is 0. The number of nitrogens with zero attached hydrogens (tertiary/aromatic N) is 1. The smallest absolute Gasteiger partial charge is 0.162 e.